The van der Waals surface area contributed by atoms with Crippen LogP contribution in [0.1, 0.15) is 11.1 Å². The predicted octanol–water partition coefficient (Wildman–Crippen LogP) is 5.79. The van der Waals surface area contributed by atoms with Crippen molar-refractivity contribution >= 4 is 52.2 Å². The average molecular weight is 390 g/mol. The average Bonchev–Trinajstić information content (AvgIpc) is 2.86. The minimum absolute atomic E-state index is 0.0584. The fourth-order valence-corrected chi connectivity index (χ4v) is 3.61. The molecule has 0 bridgehead atoms. The van der Waals surface area contributed by atoms with Gasteiger partial charge in [-0.1, -0.05) is 71.8 Å². The van der Waals surface area contributed by atoms with E-state index >= 15 is 0 Å². The molecule has 0 aromatic heterocycles. The summed E-state index contributed by atoms with van der Waals surface area (Å²) in [7, 11) is 0. The minimum Gasteiger partial charge on any atom is -0.268 e. The van der Waals surface area contributed by atoms with Gasteiger partial charge in [0.05, 0.1) is 11.4 Å². The number of amides is 2. The molecule has 0 unspecified atom stereocenters. The standard InChI is InChI=1S/C19H13Cl2NO2S/c20-15-9-5-10-16(21)14(15)12-22-18(23)17(25-19(22)24)11-4-8-13-6-2-1-3-7-13/h1-11H,12H2/b8-4+,17-11+. The van der Waals surface area contributed by atoms with Gasteiger partial charge >= 0.3 is 0 Å². The number of nitrogens with zero attached hydrogens (tertiary/aromatic N) is 1. The zero-order chi connectivity index (χ0) is 17.8. The van der Waals surface area contributed by atoms with Crippen LogP contribution in [0.2, 0.25) is 10.0 Å². The molecule has 126 valence electrons. The monoisotopic (exact) mass is 389 g/mol. The van der Waals surface area contributed by atoms with Crippen molar-refractivity contribution in [3.63, 3.8) is 0 Å². The van der Waals surface area contributed by atoms with Gasteiger partial charge in [0, 0.05) is 15.6 Å². The fraction of sp³-hybridized carbons (Fsp3) is 0.0526. The molecule has 6 heteroatoms. The van der Waals surface area contributed by atoms with Crippen molar-refractivity contribution < 1.29 is 9.59 Å². The Morgan fingerprint density at radius 1 is 0.960 bits per heavy atom. The SMILES string of the molecule is O=C1S/C(=C/C=C/c2ccccc2)C(=O)N1Cc1c(Cl)cccc1Cl. The molecule has 1 aliphatic rings. The van der Waals surface area contributed by atoms with E-state index in [0.29, 0.717) is 20.5 Å². The van der Waals surface area contributed by atoms with Gasteiger partial charge in [-0.05, 0) is 35.5 Å². The molecule has 0 N–H and O–H groups in total. The van der Waals surface area contributed by atoms with Crippen LogP contribution in [0.5, 0.6) is 0 Å². The number of halogens is 2. The third kappa shape index (κ3) is 4.15. The molecule has 0 spiro atoms. The van der Waals surface area contributed by atoms with Crippen LogP contribution < -0.4 is 0 Å². The highest BCUT2D eigenvalue weighted by molar-refractivity contribution is 8.18. The van der Waals surface area contributed by atoms with Crippen molar-refractivity contribution in [2.24, 2.45) is 0 Å². The Hall–Kier alpha value is -2.01. The van der Waals surface area contributed by atoms with Gasteiger partial charge in [0.15, 0.2) is 0 Å². The molecule has 1 heterocycles. The molecule has 1 aliphatic heterocycles. The van der Waals surface area contributed by atoms with Gasteiger partial charge in [-0.25, -0.2) is 0 Å². The number of imide groups is 1. The summed E-state index contributed by atoms with van der Waals surface area (Å²) >= 11 is 13.2. The molecule has 0 saturated carbocycles. The van der Waals surface area contributed by atoms with Crippen LogP contribution in [0.15, 0.2) is 65.6 Å². The second-order valence-corrected chi connectivity index (χ2v) is 7.07. The van der Waals surface area contributed by atoms with E-state index in [1.54, 1.807) is 30.4 Å². The molecule has 1 fully saturated rings. The van der Waals surface area contributed by atoms with Gasteiger partial charge in [0.2, 0.25) is 0 Å². The van der Waals surface area contributed by atoms with Gasteiger partial charge in [0.25, 0.3) is 11.1 Å². The Morgan fingerprint density at radius 2 is 1.64 bits per heavy atom. The lowest BCUT2D eigenvalue weighted by atomic mass is 10.2. The lowest BCUT2D eigenvalue weighted by Gasteiger charge is -2.14. The van der Waals surface area contributed by atoms with Crippen molar-refractivity contribution in [2.75, 3.05) is 0 Å². The lowest BCUT2D eigenvalue weighted by Crippen LogP contribution is -2.27. The highest BCUT2D eigenvalue weighted by atomic mass is 35.5. The van der Waals surface area contributed by atoms with Gasteiger partial charge < -0.3 is 0 Å². The van der Waals surface area contributed by atoms with Gasteiger partial charge in [-0.3, -0.25) is 14.5 Å². The van der Waals surface area contributed by atoms with Gasteiger partial charge in [-0.2, -0.15) is 0 Å². The number of carbonyl (C=O) groups excluding carboxylic acids is 2. The molecule has 3 nitrogen and oxygen atoms in total. The van der Waals surface area contributed by atoms with E-state index in [1.807, 2.05) is 36.4 Å². The molecular formula is C19H13Cl2NO2S. The summed E-state index contributed by atoms with van der Waals surface area (Å²) in [5.74, 6) is -0.344. The number of allylic oxidation sites excluding steroid dienone is 2. The summed E-state index contributed by atoms with van der Waals surface area (Å²) in [6, 6.07) is 14.8. The maximum atomic E-state index is 12.5. The van der Waals surface area contributed by atoms with Crippen molar-refractivity contribution in [2.45, 2.75) is 6.54 Å². The van der Waals surface area contributed by atoms with E-state index in [9.17, 15) is 9.59 Å². The Bertz CT molecular complexity index is 858. The van der Waals surface area contributed by atoms with E-state index in [4.69, 9.17) is 23.2 Å². The number of hydrogen-bond acceptors (Lipinski definition) is 3. The van der Waals surface area contributed by atoms with Crippen molar-refractivity contribution in [1.29, 1.82) is 0 Å². The first-order chi connectivity index (χ1) is 12.1. The molecule has 25 heavy (non-hydrogen) atoms. The minimum atomic E-state index is -0.344. The first-order valence-corrected chi connectivity index (χ1v) is 9.03. The van der Waals surface area contributed by atoms with Crippen LogP contribution in [-0.4, -0.2) is 16.0 Å². The number of thioether (sulfide) groups is 1. The summed E-state index contributed by atoms with van der Waals surface area (Å²) < 4.78 is 0. The predicted molar refractivity (Wildman–Crippen MR) is 104 cm³/mol. The van der Waals surface area contributed by atoms with Crippen LogP contribution in [0.3, 0.4) is 0 Å². The number of benzene rings is 2. The summed E-state index contributed by atoms with van der Waals surface area (Å²) in [6.07, 6.45) is 5.28. The molecule has 2 aromatic rings. The largest absolute Gasteiger partial charge is 0.293 e. The summed E-state index contributed by atoms with van der Waals surface area (Å²) in [6.45, 7) is 0.0584. The molecule has 1 saturated heterocycles. The molecule has 0 aliphatic carbocycles. The highest BCUT2D eigenvalue weighted by Gasteiger charge is 2.35. The molecule has 2 aromatic carbocycles. The zero-order valence-corrected chi connectivity index (χ0v) is 15.3. The molecule has 2 amide bonds. The Morgan fingerprint density at radius 3 is 2.32 bits per heavy atom. The Balaban J connectivity index is 1.76. The second kappa shape index (κ2) is 7.91. The quantitative estimate of drug-likeness (QED) is 0.621. The topological polar surface area (TPSA) is 37.4 Å². The maximum Gasteiger partial charge on any atom is 0.293 e. The zero-order valence-electron chi connectivity index (χ0n) is 13.0. The molecule has 0 atom stereocenters. The highest BCUT2D eigenvalue weighted by Crippen LogP contribution is 2.34. The van der Waals surface area contributed by atoms with Crippen LogP contribution in [-0.2, 0) is 11.3 Å². The Kier molecular flexibility index (Phi) is 5.63. The summed E-state index contributed by atoms with van der Waals surface area (Å²) in [5, 5.41) is 0.527. The van der Waals surface area contributed by atoms with Crippen molar-refractivity contribution in [3.8, 4) is 0 Å². The Labute approximate surface area is 159 Å². The fourth-order valence-electron chi connectivity index (χ4n) is 2.30. The molecular weight excluding hydrogens is 377 g/mol. The van der Waals surface area contributed by atoms with Gasteiger partial charge in [-0.15, -0.1) is 0 Å². The number of hydrogen-bond donors (Lipinski definition) is 0. The third-order valence-corrected chi connectivity index (χ3v) is 5.22. The number of rotatable bonds is 4. The van der Waals surface area contributed by atoms with Crippen LogP contribution in [0, 0.1) is 0 Å². The van der Waals surface area contributed by atoms with Crippen LogP contribution >= 0.6 is 35.0 Å². The maximum absolute atomic E-state index is 12.5. The lowest BCUT2D eigenvalue weighted by molar-refractivity contribution is -0.123. The molecule has 0 radical (unpaired) electrons. The van der Waals surface area contributed by atoms with Crippen molar-refractivity contribution in [3.05, 3.63) is 86.8 Å². The third-order valence-electron chi connectivity index (χ3n) is 3.59. The first-order valence-electron chi connectivity index (χ1n) is 7.46. The smallest absolute Gasteiger partial charge is 0.268 e. The first kappa shape index (κ1) is 17.8. The number of carbonyl (C=O) groups is 2. The van der Waals surface area contributed by atoms with Crippen LogP contribution in [0.4, 0.5) is 4.79 Å². The van der Waals surface area contributed by atoms with Crippen molar-refractivity contribution in [1.82, 2.24) is 4.90 Å². The van der Waals surface area contributed by atoms with E-state index in [2.05, 4.69) is 0 Å². The normalized spacial score (nSPS) is 16.4. The van der Waals surface area contributed by atoms with E-state index in [1.165, 1.54) is 0 Å². The summed E-state index contributed by atoms with van der Waals surface area (Å²) in [5.41, 5.74) is 1.58. The molecule has 3 rings (SSSR count). The van der Waals surface area contributed by atoms with Gasteiger partial charge in [0.1, 0.15) is 0 Å². The second-order valence-electron chi connectivity index (χ2n) is 5.26. The van der Waals surface area contributed by atoms with E-state index < -0.39 is 0 Å². The van der Waals surface area contributed by atoms with E-state index in [0.717, 1.165) is 22.2 Å². The summed E-state index contributed by atoms with van der Waals surface area (Å²) in [4.78, 5) is 26.2. The van der Waals surface area contributed by atoms with Crippen LogP contribution in [0.25, 0.3) is 6.08 Å². The van der Waals surface area contributed by atoms with E-state index in [-0.39, 0.29) is 17.7 Å².